The number of esters is 2. The van der Waals surface area contributed by atoms with Crippen molar-refractivity contribution in [3.63, 3.8) is 0 Å². The molecule has 9 heteroatoms. The topological polar surface area (TPSA) is 43.4 Å². The SMILES string of the molecule is O=C(CC(F)F)OC(=O)C(F)(F)C(F)F. The zero-order valence-electron chi connectivity index (χ0n) is 6.85. The van der Waals surface area contributed by atoms with E-state index in [-0.39, 0.29) is 0 Å². The van der Waals surface area contributed by atoms with Gasteiger partial charge in [0.1, 0.15) is 6.42 Å². The van der Waals surface area contributed by atoms with Crippen molar-refractivity contribution in [3.05, 3.63) is 0 Å². The van der Waals surface area contributed by atoms with E-state index in [1.54, 1.807) is 0 Å². The molecule has 0 unspecified atom stereocenters. The van der Waals surface area contributed by atoms with Crippen molar-refractivity contribution in [2.45, 2.75) is 25.2 Å². The van der Waals surface area contributed by atoms with Crippen LogP contribution in [0.1, 0.15) is 6.42 Å². The molecule has 0 N–H and O–H groups in total. The van der Waals surface area contributed by atoms with Gasteiger partial charge in [0, 0.05) is 0 Å². The average Bonchev–Trinajstić information content (AvgIpc) is 2.01. The minimum absolute atomic E-state index is 1.62. The van der Waals surface area contributed by atoms with Crippen LogP contribution in [0.2, 0.25) is 0 Å². The molecule has 0 aromatic carbocycles. The minimum Gasteiger partial charge on any atom is -0.388 e. The maximum Gasteiger partial charge on any atom is 0.402 e. The van der Waals surface area contributed by atoms with E-state index in [0.717, 1.165) is 0 Å². The first-order chi connectivity index (χ1) is 6.67. The van der Waals surface area contributed by atoms with E-state index in [4.69, 9.17) is 0 Å². The summed E-state index contributed by atoms with van der Waals surface area (Å²) in [5.74, 6) is -10.0. The first-order valence-electron chi connectivity index (χ1n) is 3.37. The van der Waals surface area contributed by atoms with Gasteiger partial charge in [-0.3, -0.25) is 4.79 Å². The number of halogens is 6. The van der Waals surface area contributed by atoms with Gasteiger partial charge < -0.3 is 4.74 Å². The van der Waals surface area contributed by atoms with Crippen molar-refractivity contribution in [3.8, 4) is 0 Å². The molecule has 0 rings (SSSR count). The maximum atomic E-state index is 12.1. The monoisotopic (exact) mass is 238 g/mol. The van der Waals surface area contributed by atoms with Crippen LogP contribution in [0.15, 0.2) is 0 Å². The predicted octanol–water partition coefficient (Wildman–Crippen LogP) is 1.61. The normalized spacial score (nSPS) is 12.0. The van der Waals surface area contributed by atoms with Crippen LogP contribution >= 0.6 is 0 Å². The third-order valence-corrected chi connectivity index (χ3v) is 1.07. The lowest BCUT2D eigenvalue weighted by atomic mass is 10.3. The van der Waals surface area contributed by atoms with Gasteiger partial charge >= 0.3 is 24.3 Å². The first-order valence-corrected chi connectivity index (χ1v) is 3.37. The molecule has 0 aliphatic rings. The lowest BCUT2D eigenvalue weighted by Crippen LogP contribution is -2.39. The Balaban J connectivity index is 4.31. The molecule has 0 fully saturated rings. The quantitative estimate of drug-likeness (QED) is 0.424. The van der Waals surface area contributed by atoms with E-state index in [1.165, 1.54) is 0 Å². The van der Waals surface area contributed by atoms with Crippen molar-refractivity contribution in [1.82, 2.24) is 0 Å². The molecule has 0 atom stereocenters. The van der Waals surface area contributed by atoms with Crippen LogP contribution in [0, 0.1) is 0 Å². The fourth-order valence-corrected chi connectivity index (χ4v) is 0.428. The number of alkyl halides is 6. The standard InChI is InChI=1S/C6H4F6O3/c7-2(8)1-3(13)15-5(14)6(11,12)4(9)10/h2,4H,1H2. The Morgan fingerprint density at radius 3 is 1.93 bits per heavy atom. The Hall–Kier alpha value is -1.28. The molecule has 3 nitrogen and oxygen atoms in total. The average molecular weight is 238 g/mol. The van der Waals surface area contributed by atoms with E-state index < -0.39 is 37.1 Å². The zero-order chi connectivity index (χ0) is 12.2. The summed E-state index contributed by atoms with van der Waals surface area (Å²) in [6.45, 7) is 0. The third kappa shape index (κ3) is 4.17. The summed E-state index contributed by atoms with van der Waals surface area (Å²) in [5, 5.41) is 0. The Morgan fingerprint density at radius 2 is 1.60 bits per heavy atom. The van der Waals surface area contributed by atoms with Gasteiger partial charge in [-0.25, -0.2) is 22.4 Å². The highest BCUT2D eigenvalue weighted by atomic mass is 19.3. The molecule has 0 saturated heterocycles. The van der Waals surface area contributed by atoms with Crippen molar-refractivity contribution in [2.75, 3.05) is 0 Å². The fourth-order valence-electron chi connectivity index (χ4n) is 0.428. The lowest BCUT2D eigenvalue weighted by Gasteiger charge is -2.12. The second-order valence-corrected chi connectivity index (χ2v) is 2.28. The smallest absolute Gasteiger partial charge is 0.388 e. The number of hydrogen-bond acceptors (Lipinski definition) is 3. The van der Waals surface area contributed by atoms with E-state index >= 15 is 0 Å². The predicted molar refractivity (Wildman–Crippen MR) is 32.7 cm³/mol. The molecule has 88 valence electrons. The van der Waals surface area contributed by atoms with Crippen LogP contribution in [0.25, 0.3) is 0 Å². The lowest BCUT2D eigenvalue weighted by molar-refractivity contribution is -0.197. The number of carbonyl (C=O) groups excluding carboxylic acids is 2. The van der Waals surface area contributed by atoms with E-state index in [0.29, 0.717) is 0 Å². The summed E-state index contributed by atoms with van der Waals surface area (Å²) in [6, 6.07) is 0. The molecule has 0 spiro atoms. The van der Waals surface area contributed by atoms with E-state index in [2.05, 4.69) is 4.74 Å². The fraction of sp³-hybridized carbons (Fsp3) is 0.667. The Morgan fingerprint density at radius 1 is 1.13 bits per heavy atom. The van der Waals surface area contributed by atoms with Crippen LogP contribution in [-0.2, 0) is 14.3 Å². The molecule has 0 heterocycles. The second kappa shape index (κ2) is 4.99. The summed E-state index contributed by atoms with van der Waals surface area (Å²) < 4.78 is 73.1. The van der Waals surface area contributed by atoms with E-state index in [9.17, 15) is 35.9 Å². The van der Waals surface area contributed by atoms with Crippen LogP contribution in [0.3, 0.4) is 0 Å². The zero-order valence-corrected chi connectivity index (χ0v) is 6.85. The second-order valence-electron chi connectivity index (χ2n) is 2.28. The molecule has 0 aliphatic heterocycles. The van der Waals surface area contributed by atoms with Crippen molar-refractivity contribution in [2.24, 2.45) is 0 Å². The Labute approximate surface area is 79.0 Å². The van der Waals surface area contributed by atoms with Crippen LogP contribution in [0.5, 0.6) is 0 Å². The molecule has 0 aliphatic carbocycles. The van der Waals surface area contributed by atoms with Gasteiger partial charge in [0.2, 0.25) is 6.43 Å². The molecule has 0 amide bonds. The maximum absolute atomic E-state index is 12.1. The third-order valence-electron chi connectivity index (χ3n) is 1.07. The number of carbonyl (C=O) groups is 2. The number of ether oxygens (including phenoxy) is 1. The number of rotatable bonds is 4. The van der Waals surface area contributed by atoms with Crippen molar-refractivity contribution >= 4 is 11.9 Å². The molecular formula is C6H4F6O3. The minimum atomic E-state index is -5.18. The van der Waals surface area contributed by atoms with Crippen molar-refractivity contribution < 1.29 is 40.7 Å². The highest BCUT2D eigenvalue weighted by molar-refractivity contribution is 5.89. The molecule has 0 bridgehead atoms. The summed E-state index contributed by atoms with van der Waals surface area (Å²) >= 11 is 0. The molecule has 0 aromatic heterocycles. The van der Waals surface area contributed by atoms with Gasteiger partial charge in [-0.1, -0.05) is 0 Å². The molecular weight excluding hydrogens is 234 g/mol. The van der Waals surface area contributed by atoms with Crippen LogP contribution in [-0.4, -0.2) is 30.7 Å². The molecule has 15 heavy (non-hydrogen) atoms. The van der Waals surface area contributed by atoms with Gasteiger partial charge in [-0.05, 0) is 0 Å². The van der Waals surface area contributed by atoms with E-state index in [1.807, 2.05) is 0 Å². The van der Waals surface area contributed by atoms with Gasteiger partial charge in [0.05, 0.1) is 0 Å². The largest absolute Gasteiger partial charge is 0.402 e. The molecule has 0 saturated carbocycles. The Bertz CT molecular complexity index is 251. The van der Waals surface area contributed by atoms with Gasteiger partial charge in [0.25, 0.3) is 0 Å². The first kappa shape index (κ1) is 13.7. The summed E-state index contributed by atoms with van der Waals surface area (Å²) in [4.78, 5) is 20.4. The van der Waals surface area contributed by atoms with Gasteiger partial charge in [-0.15, -0.1) is 0 Å². The van der Waals surface area contributed by atoms with Crippen LogP contribution in [0.4, 0.5) is 26.3 Å². The molecule has 0 aromatic rings. The summed E-state index contributed by atoms with van der Waals surface area (Å²) in [5.41, 5.74) is 0. The highest BCUT2D eigenvalue weighted by Gasteiger charge is 2.51. The highest BCUT2D eigenvalue weighted by Crippen LogP contribution is 2.24. The van der Waals surface area contributed by atoms with Crippen LogP contribution < -0.4 is 0 Å². The summed E-state index contributed by atoms with van der Waals surface area (Å²) in [7, 11) is 0. The Kier molecular flexibility index (Phi) is 4.56. The summed E-state index contributed by atoms with van der Waals surface area (Å²) in [6.07, 6.45) is -9.21. The van der Waals surface area contributed by atoms with Gasteiger partial charge in [0.15, 0.2) is 0 Å². The molecule has 0 radical (unpaired) electrons. The van der Waals surface area contributed by atoms with Crippen molar-refractivity contribution in [1.29, 1.82) is 0 Å². The number of hydrogen-bond donors (Lipinski definition) is 0. The van der Waals surface area contributed by atoms with Gasteiger partial charge in [-0.2, -0.15) is 8.78 Å².